The van der Waals surface area contributed by atoms with Crippen LogP contribution in [0.5, 0.6) is 0 Å². The molecule has 136 valence electrons. The standard InChI is InChI=1S/C18H17FN8/c19-12-5-10(6-14-17(12)23-9-22-14)8-21-18-20-4-3-15(25-18)24-16-7-13(26-27-16)11-1-2-11/h3-7,9,11H,1-2,8H2,(H,22,23)(H3,20,21,24,25,26,27). The van der Waals surface area contributed by atoms with Gasteiger partial charge in [0.1, 0.15) is 11.3 Å². The number of hydrogen-bond donors (Lipinski definition) is 4. The highest BCUT2D eigenvalue weighted by Crippen LogP contribution is 2.39. The highest BCUT2D eigenvalue weighted by Gasteiger charge is 2.25. The summed E-state index contributed by atoms with van der Waals surface area (Å²) in [6.07, 6.45) is 5.57. The van der Waals surface area contributed by atoms with E-state index in [0.717, 1.165) is 17.1 Å². The molecule has 3 aromatic heterocycles. The van der Waals surface area contributed by atoms with E-state index in [0.29, 0.717) is 35.3 Å². The van der Waals surface area contributed by atoms with E-state index < -0.39 is 0 Å². The Morgan fingerprint density at radius 1 is 1.15 bits per heavy atom. The Kier molecular flexibility index (Phi) is 3.70. The van der Waals surface area contributed by atoms with Crippen LogP contribution in [-0.4, -0.2) is 30.1 Å². The molecule has 5 rings (SSSR count). The predicted molar refractivity (Wildman–Crippen MR) is 99.3 cm³/mol. The third kappa shape index (κ3) is 3.31. The number of nitrogens with zero attached hydrogens (tertiary/aromatic N) is 4. The number of rotatable bonds is 6. The molecule has 9 heteroatoms. The number of nitrogens with one attached hydrogen (secondary N) is 4. The van der Waals surface area contributed by atoms with Gasteiger partial charge in [-0.15, -0.1) is 0 Å². The van der Waals surface area contributed by atoms with E-state index in [4.69, 9.17) is 0 Å². The first-order valence-electron chi connectivity index (χ1n) is 8.75. The van der Waals surface area contributed by atoms with Gasteiger partial charge in [0.05, 0.1) is 11.8 Å². The number of aromatic amines is 2. The Bertz CT molecular complexity index is 1100. The average Bonchev–Trinajstić information content (AvgIpc) is 3.22. The minimum absolute atomic E-state index is 0.339. The summed E-state index contributed by atoms with van der Waals surface area (Å²) in [5.74, 6) is 2.07. The van der Waals surface area contributed by atoms with E-state index >= 15 is 0 Å². The molecule has 0 atom stereocenters. The number of hydrogen-bond acceptors (Lipinski definition) is 6. The number of fused-ring (bicyclic) bond motifs is 1. The second kappa shape index (κ2) is 6.35. The number of anilines is 3. The lowest BCUT2D eigenvalue weighted by Crippen LogP contribution is -2.05. The lowest BCUT2D eigenvalue weighted by molar-refractivity contribution is 0.635. The normalized spacial score (nSPS) is 13.8. The summed E-state index contributed by atoms with van der Waals surface area (Å²) in [4.78, 5) is 15.5. The second-order valence-electron chi connectivity index (χ2n) is 6.60. The van der Waals surface area contributed by atoms with Gasteiger partial charge < -0.3 is 15.6 Å². The van der Waals surface area contributed by atoms with Crippen LogP contribution in [0.3, 0.4) is 0 Å². The topological polar surface area (TPSA) is 107 Å². The number of aromatic nitrogens is 6. The van der Waals surface area contributed by atoms with Crippen molar-refractivity contribution in [3.63, 3.8) is 0 Å². The van der Waals surface area contributed by atoms with Gasteiger partial charge in [-0.3, -0.25) is 5.10 Å². The van der Waals surface area contributed by atoms with Crippen LogP contribution >= 0.6 is 0 Å². The van der Waals surface area contributed by atoms with Crippen molar-refractivity contribution in [2.45, 2.75) is 25.3 Å². The van der Waals surface area contributed by atoms with Gasteiger partial charge in [0.25, 0.3) is 0 Å². The van der Waals surface area contributed by atoms with Crippen LogP contribution in [0.4, 0.5) is 22.0 Å². The number of halogens is 1. The summed E-state index contributed by atoms with van der Waals surface area (Å²) < 4.78 is 14.0. The van der Waals surface area contributed by atoms with E-state index in [-0.39, 0.29) is 5.82 Å². The van der Waals surface area contributed by atoms with Gasteiger partial charge in [-0.05, 0) is 36.6 Å². The summed E-state index contributed by atoms with van der Waals surface area (Å²) >= 11 is 0. The maximum atomic E-state index is 14.0. The van der Waals surface area contributed by atoms with E-state index in [1.807, 2.05) is 12.1 Å². The molecule has 0 amide bonds. The van der Waals surface area contributed by atoms with E-state index in [1.165, 1.54) is 25.2 Å². The first-order valence-corrected chi connectivity index (χ1v) is 8.75. The fourth-order valence-electron chi connectivity index (χ4n) is 2.99. The maximum Gasteiger partial charge on any atom is 0.224 e. The molecule has 0 bridgehead atoms. The van der Waals surface area contributed by atoms with Crippen molar-refractivity contribution < 1.29 is 4.39 Å². The lowest BCUT2D eigenvalue weighted by atomic mass is 10.2. The van der Waals surface area contributed by atoms with Gasteiger partial charge in [0, 0.05) is 30.4 Å². The SMILES string of the molecule is Fc1cc(CNc2nccc(Nc3cc(C4CC4)[nH]n3)n2)cc2[nH]cnc12. The first kappa shape index (κ1) is 15.7. The Balaban J connectivity index is 1.28. The summed E-state index contributed by atoms with van der Waals surface area (Å²) in [6.45, 7) is 0.392. The molecule has 0 spiro atoms. The molecular formula is C18H17FN8. The van der Waals surface area contributed by atoms with E-state index in [9.17, 15) is 4.39 Å². The summed E-state index contributed by atoms with van der Waals surface area (Å²) in [5, 5.41) is 13.6. The van der Waals surface area contributed by atoms with Gasteiger partial charge >= 0.3 is 0 Å². The molecule has 8 nitrogen and oxygen atoms in total. The van der Waals surface area contributed by atoms with Crippen LogP contribution in [-0.2, 0) is 6.54 Å². The molecular weight excluding hydrogens is 347 g/mol. The number of imidazole rings is 1. The zero-order valence-corrected chi connectivity index (χ0v) is 14.3. The zero-order chi connectivity index (χ0) is 18.2. The maximum absolute atomic E-state index is 14.0. The third-order valence-electron chi connectivity index (χ3n) is 4.51. The quantitative estimate of drug-likeness (QED) is 0.417. The fraction of sp³-hybridized carbons (Fsp3) is 0.222. The molecule has 1 aromatic carbocycles. The van der Waals surface area contributed by atoms with Crippen LogP contribution in [0.15, 0.2) is 36.8 Å². The van der Waals surface area contributed by atoms with Gasteiger partial charge in [0.15, 0.2) is 11.6 Å². The molecule has 1 aliphatic rings. The Morgan fingerprint density at radius 3 is 2.96 bits per heavy atom. The van der Waals surface area contributed by atoms with Crippen LogP contribution in [0.1, 0.15) is 30.0 Å². The molecule has 1 saturated carbocycles. The van der Waals surface area contributed by atoms with Crippen molar-refractivity contribution in [3.05, 3.63) is 53.9 Å². The number of benzene rings is 1. The predicted octanol–water partition coefficient (Wildman–Crippen LogP) is 3.45. The van der Waals surface area contributed by atoms with Crippen molar-refractivity contribution in [3.8, 4) is 0 Å². The minimum Gasteiger partial charge on any atom is -0.350 e. The van der Waals surface area contributed by atoms with Crippen LogP contribution in [0.25, 0.3) is 11.0 Å². The monoisotopic (exact) mass is 364 g/mol. The van der Waals surface area contributed by atoms with Crippen molar-refractivity contribution in [1.29, 1.82) is 0 Å². The van der Waals surface area contributed by atoms with Crippen molar-refractivity contribution in [2.75, 3.05) is 10.6 Å². The molecule has 0 saturated heterocycles. The lowest BCUT2D eigenvalue weighted by Gasteiger charge is -2.07. The molecule has 3 heterocycles. The summed E-state index contributed by atoms with van der Waals surface area (Å²) in [7, 11) is 0. The molecule has 27 heavy (non-hydrogen) atoms. The molecule has 0 unspecified atom stereocenters. The van der Waals surface area contributed by atoms with Crippen LogP contribution in [0, 0.1) is 5.82 Å². The molecule has 1 fully saturated rings. The van der Waals surface area contributed by atoms with Crippen molar-refractivity contribution in [1.82, 2.24) is 30.1 Å². The molecule has 0 radical (unpaired) electrons. The van der Waals surface area contributed by atoms with Gasteiger partial charge in [-0.1, -0.05) is 0 Å². The number of H-pyrrole nitrogens is 2. The second-order valence-corrected chi connectivity index (χ2v) is 6.60. The molecule has 4 aromatic rings. The Hall–Kier alpha value is -3.49. The first-order chi connectivity index (χ1) is 13.2. The van der Waals surface area contributed by atoms with Gasteiger partial charge in [-0.2, -0.15) is 10.1 Å². The summed E-state index contributed by atoms with van der Waals surface area (Å²) in [6, 6.07) is 7.09. The Labute approximate surface area is 153 Å². The largest absolute Gasteiger partial charge is 0.350 e. The third-order valence-corrected chi connectivity index (χ3v) is 4.51. The van der Waals surface area contributed by atoms with Crippen LogP contribution in [0.2, 0.25) is 0 Å². The van der Waals surface area contributed by atoms with E-state index in [2.05, 4.69) is 40.8 Å². The summed E-state index contributed by atoms with van der Waals surface area (Å²) in [5.41, 5.74) is 2.92. The van der Waals surface area contributed by atoms with E-state index in [1.54, 1.807) is 12.3 Å². The fourth-order valence-corrected chi connectivity index (χ4v) is 2.99. The Morgan fingerprint density at radius 2 is 2.07 bits per heavy atom. The van der Waals surface area contributed by atoms with Gasteiger partial charge in [0.2, 0.25) is 5.95 Å². The molecule has 4 N–H and O–H groups in total. The van der Waals surface area contributed by atoms with Crippen molar-refractivity contribution in [2.24, 2.45) is 0 Å². The minimum atomic E-state index is -0.355. The highest BCUT2D eigenvalue weighted by atomic mass is 19.1. The molecule has 0 aliphatic heterocycles. The smallest absolute Gasteiger partial charge is 0.224 e. The van der Waals surface area contributed by atoms with Crippen LogP contribution < -0.4 is 10.6 Å². The van der Waals surface area contributed by atoms with Crippen molar-refractivity contribution >= 4 is 28.6 Å². The average molecular weight is 364 g/mol. The zero-order valence-electron chi connectivity index (χ0n) is 14.3. The highest BCUT2D eigenvalue weighted by molar-refractivity contribution is 5.76. The molecule has 1 aliphatic carbocycles. The van der Waals surface area contributed by atoms with Gasteiger partial charge in [-0.25, -0.2) is 14.4 Å².